The van der Waals surface area contributed by atoms with Crippen LogP contribution in [0.4, 0.5) is 5.82 Å². The Kier molecular flexibility index (Phi) is 3.19. The minimum Gasteiger partial charge on any atom is -0.354 e. The van der Waals surface area contributed by atoms with Gasteiger partial charge in [0, 0.05) is 37.9 Å². The first-order valence-corrected chi connectivity index (χ1v) is 6.27. The molecule has 18 heavy (non-hydrogen) atoms. The van der Waals surface area contributed by atoms with Gasteiger partial charge < -0.3 is 10.2 Å². The van der Waals surface area contributed by atoms with Gasteiger partial charge in [-0.15, -0.1) is 0 Å². The molecule has 0 saturated carbocycles. The molecule has 1 N–H and O–H groups in total. The van der Waals surface area contributed by atoms with Gasteiger partial charge >= 0.3 is 0 Å². The number of rotatable bonds is 2. The highest BCUT2D eigenvalue weighted by atomic mass is 15.2. The molecule has 4 heteroatoms. The monoisotopic (exact) mass is 240 g/mol. The second-order valence-corrected chi connectivity index (χ2v) is 4.34. The van der Waals surface area contributed by atoms with Crippen molar-refractivity contribution in [3.05, 3.63) is 42.6 Å². The van der Waals surface area contributed by atoms with Gasteiger partial charge in [-0.2, -0.15) is 0 Å². The third kappa shape index (κ3) is 2.33. The molecule has 0 atom stereocenters. The fourth-order valence-electron chi connectivity index (χ4n) is 2.15. The van der Waals surface area contributed by atoms with Crippen LogP contribution in [0, 0.1) is 0 Å². The number of benzene rings is 1. The fourth-order valence-corrected chi connectivity index (χ4v) is 2.15. The fraction of sp³-hybridized carbons (Fsp3) is 0.286. The van der Waals surface area contributed by atoms with E-state index in [-0.39, 0.29) is 0 Å². The minimum absolute atomic E-state index is 0.798. The summed E-state index contributed by atoms with van der Waals surface area (Å²) >= 11 is 0. The zero-order chi connectivity index (χ0) is 12.2. The predicted molar refractivity (Wildman–Crippen MR) is 72.6 cm³/mol. The van der Waals surface area contributed by atoms with Gasteiger partial charge in [-0.1, -0.05) is 30.3 Å². The summed E-state index contributed by atoms with van der Waals surface area (Å²) in [6.07, 6.45) is 1.84. The van der Waals surface area contributed by atoms with E-state index in [0.717, 1.165) is 43.4 Å². The van der Waals surface area contributed by atoms with Crippen molar-refractivity contribution in [1.29, 1.82) is 0 Å². The van der Waals surface area contributed by atoms with Crippen molar-refractivity contribution in [3.8, 4) is 11.4 Å². The van der Waals surface area contributed by atoms with Crippen LogP contribution in [0.2, 0.25) is 0 Å². The van der Waals surface area contributed by atoms with Crippen molar-refractivity contribution in [3.63, 3.8) is 0 Å². The number of anilines is 1. The number of hydrogen-bond donors (Lipinski definition) is 1. The predicted octanol–water partition coefficient (Wildman–Crippen LogP) is 1.55. The zero-order valence-electron chi connectivity index (χ0n) is 10.2. The summed E-state index contributed by atoms with van der Waals surface area (Å²) in [4.78, 5) is 11.3. The van der Waals surface area contributed by atoms with Crippen LogP contribution in [0.15, 0.2) is 42.6 Å². The van der Waals surface area contributed by atoms with Crippen molar-refractivity contribution in [1.82, 2.24) is 15.3 Å². The lowest BCUT2D eigenvalue weighted by Crippen LogP contribution is -2.43. The van der Waals surface area contributed by atoms with Crippen molar-refractivity contribution >= 4 is 5.82 Å². The van der Waals surface area contributed by atoms with E-state index in [1.165, 1.54) is 0 Å². The highest BCUT2D eigenvalue weighted by molar-refractivity contribution is 5.57. The Labute approximate surface area is 107 Å². The van der Waals surface area contributed by atoms with E-state index in [4.69, 9.17) is 0 Å². The minimum atomic E-state index is 0.798. The van der Waals surface area contributed by atoms with Gasteiger partial charge in [0.05, 0.1) is 0 Å². The van der Waals surface area contributed by atoms with Crippen molar-refractivity contribution in [2.75, 3.05) is 31.1 Å². The average molecular weight is 240 g/mol. The summed E-state index contributed by atoms with van der Waals surface area (Å²) in [5, 5.41) is 3.35. The van der Waals surface area contributed by atoms with Crippen LogP contribution in [0.3, 0.4) is 0 Å². The first-order chi connectivity index (χ1) is 8.93. The van der Waals surface area contributed by atoms with Crippen molar-refractivity contribution < 1.29 is 0 Å². The van der Waals surface area contributed by atoms with E-state index >= 15 is 0 Å². The normalized spacial score (nSPS) is 15.7. The summed E-state index contributed by atoms with van der Waals surface area (Å²) in [5.41, 5.74) is 1.06. The highest BCUT2D eigenvalue weighted by Gasteiger charge is 2.12. The number of nitrogens with one attached hydrogen (secondary N) is 1. The maximum absolute atomic E-state index is 4.65. The quantitative estimate of drug-likeness (QED) is 0.864. The number of piperazine rings is 1. The standard InChI is InChI=1S/C14H16N4/c1-2-4-12(5-3-1)14-16-7-6-13(17-14)18-10-8-15-9-11-18/h1-7,15H,8-11H2. The lowest BCUT2D eigenvalue weighted by atomic mass is 10.2. The molecule has 1 saturated heterocycles. The summed E-state index contributed by atoms with van der Waals surface area (Å²) in [5.74, 6) is 1.82. The molecule has 4 nitrogen and oxygen atoms in total. The Balaban J connectivity index is 1.89. The molecule has 2 heterocycles. The van der Waals surface area contributed by atoms with Gasteiger partial charge in [-0.25, -0.2) is 9.97 Å². The molecule has 1 aliphatic heterocycles. The van der Waals surface area contributed by atoms with Crippen LogP contribution in [0.25, 0.3) is 11.4 Å². The molecular formula is C14H16N4. The topological polar surface area (TPSA) is 41.1 Å². The Hall–Kier alpha value is -1.94. The van der Waals surface area contributed by atoms with Gasteiger partial charge in [0.2, 0.25) is 0 Å². The average Bonchev–Trinajstić information content (AvgIpc) is 2.49. The molecule has 1 aliphatic rings. The SMILES string of the molecule is c1ccc(-c2nccc(N3CCNCC3)n2)cc1. The number of aromatic nitrogens is 2. The second kappa shape index (κ2) is 5.14. The van der Waals surface area contributed by atoms with Gasteiger partial charge in [0.25, 0.3) is 0 Å². The van der Waals surface area contributed by atoms with Crippen molar-refractivity contribution in [2.45, 2.75) is 0 Å². The smallest absolute Gasteiger partial charge is 0.161 e. The summed E-state index contributed by atoms with van der Waals surface area (Å²) in [6.45, 7) is 4.05. The van der Waals surface area contributed by atoms with Gasteiger partial charge in [0.15, 0.2) is 5.82 Å². The van der Waals surface area contributed by atoms with Crippen LogP contribution in [-0.2, 0) is 0 Å². The Morgan fingerprint density at radius 2 is 1.78 bits per heavy atom. The zero-order valence-corrected chi connectivity index (χ0v) is 10.2. The highest BCUT2D eigenvalue weighted by Crippen LogP contribution is 2.18. The van der Waals surface area contributed by atoms with Gasteiger partial charge in [-0.3, -0.25) is 0 Å². The molecule has 1 aromatic carbocycles. The summed E-state index contributed by atoms with van der Waals surface area (Å²) in [6, 6.07) is 12.1. The first kappa shape index (κ1) is 11.2. The lowest BCUT2D eigenvalue weighted by Gasteiger charge is -2.28. The molecule has 0 unspecified atom stereocenters. The Morgan fingerprint density at radius 3 is 2.56 bits per heavy atom. The molecule has 0 radical (unpaired) electrons. The molecule has 3 rings (SSSR count). The van der Waals surface area contributed by atoms with Crippen LogP contribution in [0.5, 0.6) is 0 Å². The molecule has 92 valence electrons. The Morgan fingerprint density at radius 1 is 1.00 bits per heavy atom. The molecule has 0 amide bonds. The molecule has 0 aliphatic carbocycles. The summed E-state index contributed by atoms with van der Waals surface area (Å²) in [7, 11) is 0. The van der Waals surface area contributed by atoms with E-state index in [2.05, 4.69) is 20.2 Å². The summed E-state index contributed by atoms with van der Waals surface area (Å²) < 4.78 is 0. The third-order valence-electron chi connectivity index (χ3n) is 3.11. The van der Waals surface area contributed by atoms with Gasteiger partial charge in [-0.05, 0) is 6.07 Å². The van der Waals surface area contributed by atoms with E-state index < -0.39 is 0 Å². The van der Waals surface area contributed by atoms with Crippen LogP contribution < -0.4 is 10.2 Å². The Bertz CT molecular complexity index is 506. The molecule has 0 spiro atoms. The molecule has 1 aromatic heterocycles. The second-order valence-electron chi connectivity index (χ2n) is 4.34. The molecule has 2 aromatic rings. The van der Waals surface area contributed by atoms with E-state index in [1.54, 1.807) is 0 Å². The maximum Gasteiger partial charge on any atom is 0.161 e. The van der Waals surface area contributed by atoms with Crippen LogP contribution in [-0.4, -0.2) is 36.1 Å². The molecule has 0 bridgehead atoms. The maximum atomic E-state index is 4.65. The first-order valence-electron chi connectivity index (χ1n) is 6.27. The largest absolute Gasteiger partial charge is 0.354 e. The van der Waals surface area contributed by atoms with Gasteiger partial charge in [0.1, 0.15) is 5.82 Å². The molecule has 1 fully saturated rings. The third-order valence-corrected chi connectivity index (χ3v) is 3.11. The molecular weight excluding hydrogens is 224 g/mol. The van der Waals surface area contributed by atoms with Crippen molar-refractivity contribution in [2.24, 2.45) is 0 Å². The number of hydrogen-bond acceptors (Lipinski definition) is 4. The van der Waals surface area contributed by atoms with Crippen LogP contribution in [0.1, 0.15) is 0 Å². The van der Waals surface area contributed by atoms with E-state index in [1.807, 2.05) is 42.6 Å². The number of nitrogens with zero attached hydrogens (tertiary/aromatic N) is 3. The van der Waals surface area contributed by atoms with Crippen LogP contribution >= 0.6 is 0 Å². The lowest BCUT2D eigenvalue weighted by molar-refractivity contribution is 0.585. The van der Waals surface area contributed by atoms with E-state index in [0.29, 0.717) is 0 Å². The van der Waals surface area contributed by atoms with E-state index in [9.17, 15) is 0 Å².